The van der Waals surface area contributed by atoms with Crippen LogP contribution in [0, 0.1) is 0 Å². The molecule has 0 spiro atoms. The standard InChI is InChI=1S/C25H24Cl2N4O/c26-22-11-10-21(24(27)16-22)17-28-29-25(32)20-8-6-19(7-9-20)18-30-12-14-31(15-13-30)23-4-2-1-3-5-23/h1-11,16-17H,12-15,18H2,(H,29,32). The second-order valence-corrected chi connectivity index (χ2v) is 8.50. The summed E-state index contributed by atoms with van der Waals surface area (Å²) in [5.74, 6) is -0.269. The predicted octanol–water partition coefficient (Wildman–Crippen LogP) is 5.08. The minimum Gasteiger partial charge on any atom is -0.369 e. The molecule has 0 bridgehead atoms. The Bertz CT molecular complexity index is 1080. The van der Waals surface area contributed by atoms with Gasteiger partial charge in [-0.15, -0.1) is 0 Å². The van der Waals surface area contributed by atoms with Gasteiger partial charge >= 0.3 is 0 Å². The molecule has 5 nitrogen and oxygen atoms in total. The molecule has 0 unspecified atom stereocenters. The van der Waals surface area contributed by atoms with Gasteiger partial charge < -0.3 is 4.90 Å². The number of nitrogens with zero attached hydrogens (tertiary/aromatic N) is 3. The molecule has 0 radical (unpaired) electrons. The Morgan fingerprint density at radius 2 is 1.66 bits per heavy atom. The van der Waals surface area contributed by atoms with Gasteiger partial charge in [-0.1, -0.05) is 59.6 Å². The average molecular weight is 467 g/mol. The molecule has 1 amide bonds. The zero-order valence-corrected chi connectivity index (χ0v) is 19.1. The topological polar surface area (TPSA) is 47.9 Å². The lowest BCUT2D eigenvalue weighted by molar-refractivity contribution is 0.0955. The van der Waals surface area contributed by atoms with Gasteiger partial charge in [0.25, 0.3) is 5.91 Å². The van der Waals surface area contributed by atoms with Crippen molar-refractivity contribution in [1.29, 1.82) is 0 Å². The Balaban J connectivity index is 1.26. The number of anilines is 1. The monoisotopic (exact) mass is 466 g/mol. The summed E-state index contributed by atoms with van der Waals surface area (Å²) in [5.41, 5.74) is 6.24. The van der Waals surface area contributed by atoms with Crippen LogP contribution in [-0.2, 0) is 6.54 Å². The maximum atomic E-state index is 12.4. The maximum Gasteiger partial charge on any atom is 0.271 e. The van der Waals surface area contributed by atoms with Crippen LogP contribution < -0.4 is 10.3 Å². The normalized spacial score (nSPS) is 14.6. The van der Waals surface area contributed by atoms with E-state index in [0.717, 1.165) is 32.7 Å². The highest BCUT2D eigenvalue weighted by molar-refractivity contribution is 6.36. The van der Waals surface area contributed by atoms with Crippen molar-refractivity contribution in [3.63, 3.8) is 0 Å². The van der Waals surface area contributed by atoms with E-state index in [-0.39, 0.29) is 5.91 Å². The molecule has 0 atom stereocenters. The fourth-order valence-corrected chi connectivity index (χ4v) is 4.11. The van der Waals surface area contributed by atoms with Crippen molar-refractivity contribution in [2.75, 3.05) is 31.1 Å². The lowest BCUT2D eigenvalue weighted by Crippen LogP contribution is -2.45. The van der Waals surface area contributed by atoms with E-state index in [0.29, 0.717) is 21.2 Å². The Morgan fingerprint density at radius 3 is 2.34 bits per heavy atom. The van der Waals surface area contributed by atoms with E-state index in [1.807, 2.05) is 30.3 Å². The third-order valence-electron chi connectivity index (χ3n) is 5.45. The fraction of sp³-hybridized carbons (Fsp3) is 0.200. The summed E-state index contributed by atoms with van der Waals surface area (Å²) < 4.78 is 0. The van der Waals surface area contributed by atoms with E-state index in [2.05, 4.69) is 44.6 Å². The number of benzene rings is 3. The molecule has 0 aromatic heterocycles. The molecule has 3 aromatic carbocycles. The Labute approximate surface area is 198 Å². The van der Waals surface area contributed by atoms with E-state index in [1.165, 1.54) is 17.5 Å². The largest absolute Gasteiger partial charge is 0.369 e. The number of para-hydroxylation sites is 1. The first-order valence-corrected chi connectivity index (χ1v) is 11.2. The van der Waals surface area contributed by atoms with Gasteiger partial charge in [0.2, 0.25) is 0 Å². The number of hydrazone groups is 1. The number of amides is 1. The first-order valence-electron chi connectivity index (χ1n) is 10.5. The molecule has 1 heterocycles. The van der Waals surface area contributed by atoms with Crippen LogP contribution >= 0.6 is 23.2 Å². The minimum absolute atomic E-state index is 0.269. The second kappa shape index (κ2) is 10.6. The van der Waals surface area contributed by atoms with E-state index >= 15 is 0 Å². The number of carbonyl (C=O) groups excluding carboxylic acids is 1. The van der Waals surface area contributed by atoms with Gasteiger partial charge in [-0.2, -0.15) is 5.10 Å². The number of rotatable bonds is 6. The van der Waals surface area contributed by atoms with Crippen LogP contribution in [0.1, 0.15) is 21.5 Å². The number of hydrogen-bond donors (Lipinski definition) is 1. The molecular weight excluding hydrogens is 443 g/mol. The fourth-order valence-electron chi connectivity index (χ4n) is 3.65. The molecule has 1 saturated heterocycles. The van der Waals surface area contributed by atoms with E-state index in [9.17, 15) is 4.79 Å². The van der Waals surface area contributed by atoms with E-state index in [4.69, 9.17) is 23.2 Å². The Hall–Kier alpha value is -2.86. The predicted molar refractivity (Wildman–Crippen MR) is 132 cm³/mol. The molecular formula is C25H24Cl2N4O. The van der Waals surface area contributed by atoms with Gasteiger partial charge in [-0.25, -0.2) is 5.43 Å². The van der Waals surface area contributed by atoms with Crippen LogP contribution in [-0.4, -0.2) is 43.2 Å². The van der Waals surface area contributed by atoms with Gasteiger partial charge in [0.1, 0.15) is 0 Å². The lowest BCUT2D eigenvalue weighted by atomic mass is 10.1. The number of carbonyl (C=O) groups is 1. The second-order valence-electron chi connectivity index (χ2n) is 7.66. The third kappa shape index (κ3) is 5.88. The zero-order valence-electron chi connectivity index (χ0n) is 17.5. The number of nitrogens with one attached hydrogen (secondary N) is 1. The summed E-state index contributed by atoms with van der Waals surface area (Å²) in [4.78, 5) is 17.2. The van der Waals surface area contributed by atoms with Gasteiger partial charge in [-0.05, 0) is 42.0 Å². The summed E-state index contributed by atoms with van der Waals surface area (Å²) in [5, 5.41) is 5.02. The molecule has 1 aliphatic heterocycles. The third-order valence-corrected chi connectivity index (χ3v) is 6.01. The maximum absolute atomic E-state index is 12.4. The lowest BCUT2D eigenvalue weighted by Gasteiger charge is -2.36. The van der Waals surface area contributed by atoms with Gasteiger partial charge in [0.05, 0.1) is 11.2 Å². The van der Waals surface area contributed by atoms with Crippen LogP contribution in [0.2, 0.25) is 10.0 Å². The smallest absolute Gasteiger partial charge is 0.271 e. The van der Waals surface area contributed by atoms with Crippen LogP contribution in [0.5, 0.6) is 0 Å². The number of halogens is 2. The zero-order chi connectivity index (χ0) is 22.3. The molecule has 4 rings (SSSR count). The van der Waals surface area contributed by atoms with Crippen molar-refractivity contribution in [3.8, 4) is 0 Å². The molecule has 0 aliphatic carbocycles. The SMILES string of the molecule is O=C(NN=Cc1ccc(Cl)cc1Cl)c1ccc(CN2CCN(c3ccccc3)CC2)cc1. The Kier molecular flexibility index (Phi) is 7.43. The van der Waals surface area contributed by atoms with Crippen molar-refractivity contribution < 1.29 is 4.79 Å². The van der Waals surface area contributed by atoms with Crippen molar-refractivity contribution in [1.82, 2.24) is 10.3 Å². The van der Waals surface area contributed by atoms with Crippen LogP contribution in [0.4, 0.5) is 5.69 Å². The van der Waals surface area contributed by atoms with Gasteiger partial charge in [0.15, 0.2) is 0 Å². The highest BCUT2D eigenvalue weighted by Gasteiger charge is 2.17. The highest BCUT2D eigenvalue weighted by Crippen LogP contribution is 2.19. The van der Waals surface area contributed by atoms with Crippen molar-refractivity contribution in [2.24, 2.45) is 5.10 Å². The molecule has 1 aliphatic rings. The van der Waals surface area contributed by atoms with Crippen LogP contribution in [0.3, 0.4) is 0 Å². The quantitative estimate of drug-likeness (QED) is 0.406. The van der Waals surface area contributed by atoms with Crippen LogP contribution in [0.15, 0.2) is 77.9 Å². The summed E-state index contributed by atoms with van der Waals surface area (Å²) in [6.45, 7) is 4.93. The number of hydrogen-bond acceptors (Lipinski definition) is 4. The first-order chi connectivity index (χ1) is 15.6. The molecule has 0 saturated carbocycles. The van der Waals surface area contributed by atoms with Crippen molar-refractivity contribution in [3.05, 3.63) is 99.5 Å². The van der Waals surface area contributed by atoms with E-state index in [1.54, 1.807) is 18.2 Å². The molecule has 1 fully saturated rings. The minimum atomic E-state index is -0.269. The van der Waals surface area contributed by atoms with Crippen molar-refractivity contribution >= 4 is 41.0 Å². The van der Waals surface area contributed by atoms with Gasteiger partial charge in [0, 0.05) is 54.6 Å². The molecule has 164 valence electrons. The van der Waals surface area contributed by atoms with Gasteiger partial charge in [-0.3, -0.25) is 9.69 Å². The van der Waals surface area contributed by atoms with E-state index < -0.39 is 0 Å². The summed E-state index contributed by atoms with van der Waals surface area (Å²) in [6.07, 6.45) is 1.50. The average Bonchev–Trinajstić information content (AvgIpc) is 2.82. The first kappa shape index (κ1) is 22.3. The highest BCUT2D eigenvalue weighted by atomic mass is 35.5. The molecule has 32 heavy (non-hydrogen) atoms. The van der Waals surface area contributed by atoms with Crippen molar-refractivity contribution in [2.45, 2.75) is 6.54 Å². The molecule has 1 N–H and O–H groups in total. The summed E-state index contributed by atoms with van der Waals surface area (Å²) in [7, 11) is 0. The summed E-state index contributed by atoms with van der Waals surface area (Å²) in [6, 6.07) is 23.3. The Morgan fingerprint density at radius 1 is 0.938 bits per heavy atom. The van der Waals surface area contributed by atoms with Crippen LogP contribution in [0.25, 0.3) is 0 Å². The summed E-state index contributed by atoms with van der Waals surface area (Å²) >= 11 is 12.0. The number of piperazine rings is 1. The molecule has 3 aromatic rings. The molecule has 7 heteroatoms.